The summed E-state index contributed by atoms with van der Waals surface area (Å²) in [4.78, 5) is 10.9. The maximum Gasteiger partial charge on any atom is 0.305 e. The Morgan fingerprint density at radius 2 is 1.19 bits per heavy atom. The molecule has 21 heavy (non-hydrogen) atoms. The molecule has 0 saturated carbocycles. The summed E-state index contributed by atoms with van der Waals surface area (Å²) in [6, 6.07) is 0. The number of ether oxygens (including phenoxy) is 2. The van der Waals surface area contributed by atoms with E-state index in [0.717, 1.165) is 12.8 Å². The Hall–Kier alpha value is -0.570. The molecule has 0 rings (SSSR count). The van der Waals surface area contributed by atoms with E-state index in [9.17, 15) is 4.79 Å². The molecule has 0 aliphatic heterocycles. The van der Waals surface area contributed by atoms with E-state index in [0.29, 0.717) is 12.5 Å². The van der Waals surface area contributed by atoms with Crippen molar-refractivity contribution in [1.82, 2.24) is 0 Å². The first-order chi connectivity index (χ1) is 10.2. The van der Waals surface area contributed by atoms with E-state index in [-0.39, 0.29) is 5.97 Å². The van der Waals surface area contributed by atoms with Crippen LogP contribution in [0, 0.1) is 0 Å². The van der Waals surface area contributed by atoms with Gasteiger partial charge in [-0.3, -0.25) is 4.79 Å². The first-order valence-electron chi connectivity index (χ1n) is 8.80. The Morgan fingerprint density at radius 3 is 1.62 bits per heavy atom. The third-order valence-corrected chi connectivity index (χ3v) is 4.12. The summed E-state index contributed by atoms with van der Waals surface area (Å²) >= 11 is 0. The molecule has 0 heterocycles. The first-order valence-corrected chi connectivity index (χ1v) is 8.80. The van der Waals surface area contributed by atoms with Crippen LogP contribution in [0.25, 0.3) is 0 Å². The number of hydrogen-bond acceptors (Lipinski definition) is 3. The minimum absolute atomic E-state index is 0.0742. The molecule has 0 aromatic rings. The van der Waals surface area contributed by atoms with Gasteiger partial charge in [0.2, 0.25) is 0 Å². The predicted molar refractivity (Wildman–Crippen MR) is 88.5 cm³/mol. The van der Waals surface area contributed by atoms with E-state index < -0.39 is 0 Å². The third kappa shape index (κ3) is 15.6. The molecule has 0 fully saturated rings. The van der Waals surface area contributed by atoms with Gasteiger partial charge in [0.25, 0.3) is 0 Å². The minimum atomic E-state index is -0.0742. The molecule has 0 aromatic heterocycles. The fourth-order valence-corrected chi connectivity index (χ4v) is 2.51. The van der Waals surface area contributed by atoms with E-state index in [1.807, 2.05) is 0 Å². The number of methoxy groups -OCH3 is 2. The smallest absolute Gasteiger partial charge is 0.305 e. The molecule has 0 saturated heterocycles. The van der Waals surface area contributed by atoms with Crippen LogP contribution in [0.2, 0.25) is 0 Å². The highest BCUT2D eigenvalue weighted by Crippen LogP contribution is 2.13. The van der Waals surface area contributed by atoms with Gasteiger partial charge >= 0.3 is 5.97 Å². The zero-order valence-electron chi connectivity index (χ0n) is 14.5. The number of carbonyl (C=O) groups excluding carboxylic acids is 1. The monoisotopic (exact) mass is 300 g/mol. The van der Waals surface area contributed by atoms with Crippen molar-refractivity contribution in [1.29, 1.82) is 0 Å². The minimum Gasteiger partial charge on any atom is -0.469 e. The summed E-state index contributed by atoms with van der Waals surface area (Å²) in [7, 11) is 3.25. The second-order valence-corrected chi connectivity index (χ2v) is 6.05. The van der Waals surface area contributed by atoms with Crippen LogP contribution in [0.4, 0.5) is 0 Å². The Labute approximate surface area is 131 Å². The van der Waals surface area contributed by atoms with Crippen molar-refractivity contribution in [3.05, 3.63) is 0 Å². The number of unbranched alkanes of at least 4 members (excludes halogenated alkanes) is 10. The van der Waals surface area contributed by atoms with Gasteiger partial charge in [-0.05, 0) is 19.8 Å². The molecule has 0 N–H and O–H groups in total. The molecule has 0 amide bonds. The molecule has 1 unspecified atom stereocenters. The largest absolute Gasteiger partial charge is 0.469 e. The molecule has 0 spiro atoms. The Balaban J connectivity index is 3.04. The molecule has 0 radical (unpaired) electrons. The molecule has 0 aliphatic carbocycles. The van der Waals surface area contributed by atoms with Gasteiger partial charge in [-0.25, -0.2) is 0 Å². The normalized spacial score (nSPS) is 12.3. The van der Waals surface area contributed by atoms with E-state index in [2.05, 4.69) is 11.7 Å². The lowest BCUT2D eigenvalue weighted by Crippen LogP contribution is -2.03. The van der Waals surface area contributed by atoms with Crippen molar-refractivity contribution >= 4 is 5.97 Å². The molecule has 126 valence electrons. The maximum atomic E-state index is 10.9. The Bertz CT molecular complexity index is 229. The number of esters is 1. The van der Waals surface area contributed by atoms with E-state index >= 15 is 0 Å². The molecule has 3 nitrogen and oxygen atoms in total. The van der Waals surface area contributed by atoms with Crippen molar-refractivity contribution in [2.24, 2.45) is 0 Å². The van der Waals surface area contributed by atoms with Gasteiger partial charge in [0.05, 0.1) is 13.2 Å². The second-order valence-electron chi connectivity index (χ2n) is 6.05. The standard InChI is InChI=1S/C18H36O3/c1-17(20-2)15-13-11-9-7-5-4-6-8-10-12-14-16-18(19)21-3/h17H,4-16H2,1-3H3. The zero-order valence-corrected chi connectivity index (χ0v) is 14.5. The molecule has 0 bridgehead atoms. The van der Waals surface area contributed by atoms with Crippen LogP contribution < -0.4 is 0 Å². The van der Waals surface area contributed by atoms with Crippen LogP contribution >= 0.6 is 0 Å². The van der Waals surface area contributed by atoms with Gasteiger partial charge < -0.3 is 9.47 Å². The highest BCUT2D eigenvalue weighted by Gasteiger charge is 2.00. The van der Waals surface area contributed by atoms with Gasteiger partial charge in [-0.15, -0.1) is 0 Å². The lowest BCUT2D eigenvalue weighted by atomic mass is 10.0. The quantitative estimate of drug-likeness (QED) is 0.305. The fraction of sp³-hybridized carbons (Fsp3) is 0.944. The van der Waals surface area contributed by atoms with Gasteiger partial charge in [0, 0.05) is 13.5 Å². The average molecular weight is 300 g/mol. The van der Waals surface area contributed by atoms with Crippen LogP contribution in [-0.4, -0.2) is 26.3 Å². The topological polar surface area (TPSA) is 35.5 Å². The molecular formula is C18H36O3. The van der Waals surface area contributed by atoms with Crippen LogP contribution in [-0.2, 0) is 14.3 Å². The summed E-state index contributed by atoms with van der Waals surface area (Å²) < 4.78 is 9.87. The number of rotatable bonds is 15. The Kier molecular flexibility index (Phi) is 15.4. The summed E-state index contributed by atoms with van der Waals surface area (Å²) in [5.74, 6) is -0.0742. The fourth-order valence-electron chi connectivity index (χ4n) is 2.51. The molecule has 0 aliphatic rings. The van der Waals surface area contributed by atoms with Gasteiger partial charge in [0.1, 0.15) is 0 Å². The van der Waals surface area contributed by atoms with Crippen molar-refractivity contribution < 1.29 is 14.3 Å². The molecular weight excluding hydrogens is 264 g/mol. The molecule has 0 aromatic carbocycles. The van der Waals surface area contributed by atoms with E-state index in [1.54, 1.807) is 7.11 Å². The van der Waals surface area contributed by atoms with Crippen molar-refractivity contribution in [2.45, 2.75) is 96.5 Å². The zero-order chi connectivity index (χ0) is 15.8. The summed E-state index contributed by atoms with van der Waals surface area (Å²) in [6.45, 7) is 2.14. The summed E-state index contributed by atoms with van der Waals surface area (Å²) in [6.07, 6.45) is 16.4. The first kappa shape index (κ1) is 20.4. The van der Waals surface area contributed by atoms with Crippen molar-refractivity contribution in [3.63, 3.8) is 0 Å². The van der Waals surface area contributed by atoms with Crippen molar-refractivity contribution in [2.75, 3.05) is 14.2 Å². The van der Waals surface area contributed by atoms with Crippen LogP contribution in [0.3, 0.4) is 0 Å². The SMILES string of the molecule is COC(=O)CCCCCCCCCCCCCC(C)OC. The molecule has 3 heteroatoms. The summed E-state index contributed by atoms with van der Waals surface area (Å²) in [5, 5.41) is 0. The maximum absolute atomic E-state index is 10.9. The average Bonchev–Trinajstić information content (AvgIpc) is 2.51. The van der Waals surface area contributed by atoms with Crippen LogP contribution in [0.5, 0.6) is 0 Å². The predicted octanol–water partition coefficient (Wildman–Crippen LogP) is 5.27. The van der Waals surface area contributed by atoms with Gasteiger partial charge in [-0.2, -0.15) is 0 Å². The highest BCUT2D eigenvalue weighted by atomic mass is 16.5. The lowest BCUT2D eigenvalue weighted by Gasteiger charge is -2.08. The number of hydrogen-bond donors (Lipinski definition) is 0. The number of carbonyl (C=O) groups is 1. The van der Waals surface area contributed by atoms with Crippen LogP contribution in [0.1, 0.15) is 90.4 Å². The van der Waals surface area contributed by atoms with Gasteiger partial charge in [-0.1, -0.05) is 64.2 Å². The molecule has 1 atom stereocenters. The summed E-state index contributed by atoms with van der Waals surface area (Å²) in [5.41, 5.74) is 0. The third-order valence-electron chi connectivity index (χ3n) is 4.12. The lowest BCUT2D eigenvalue weighted by molar-refractivity contribution is -0.140. The Morgan fingerprint density at radius 1 is 0.762 bits per heavy atom. The van der Waals surface area contributed by atoms with E-state index in [4.69, 9.17) is 4.74 Å². The second kappa shape index (κ2) is 15.8. The van der Waals surface area contributed by atoms with Gasteiger partial charge in [0.15, 0.2) is 0 Å². The van der Waals surface area contributed by atoms with E-state index in [1.165, 1.54) is 71.3 Å². The highest BCUT2D eigenvalue weighted by molar-refractivity contribution is 5.68. The van der Waals surface area contributed by atoms with Crippen LogP contribution in [0.15, 0.2) is 0 Å². The van der Waals surface area contributed by atoms with Crippen molar-refractivity contribution in [3.8, 4) is 0 Å².